The van der Waals surface area contributed by atoms with Gasteiger partial charge in [-0.05, 0) is 51.3 Å². The molecule has 26 heavy (non-hydrogen) atoms. The number of aliphatic hydroxyl groups excluding tert-OH is 1. The van der Waals surface area contributed by atoms with E-state index in [1.165, 1.54) is 0 Å². The van der Waals surface area contributed by atoms with Crippen LogP contribution in [0.25, 0.3) is 0 Å². The molecule has 1 atom stereocenters. The summed E-state index contributed by atoms with van der Waals surface area (Å²) in [6.45, 7) is 8.01. The zero-order valence-corrected chi connectivity index (χ0v) is 16.0. The molecule has 1 aromatic heterocycles. The normalized spacial score (nSPS) is 12.2. The van der Waals surface area contributed by atoms with E-state index in [0.29, 0.717) is 18.5 Å². The summed E-state index contributed by atoms with van der Waals surface area (Å²) >= 11 is 0. The summed E-state index contributed by atoms with van der Waals surface area (Å²) in [5.41, 5.74) is 1.62. The van der Waals surface area contributed by atoms with E-state index in [9.17, 15) is 9.59 Å². The van der Waals surface area contributed by atoms with Crippen LogP contribution in [0, 0.1) is 6.92 Å². The Morgan fingerprint density at radius 3 is 2.38 bits per heavy atom. The van der Waals surface area contributed by atoms with Gasteiger partial charge in [0.05, 0.1) is 6.04 Å². The van der Waals surface area contributed by atoms with Crippen molar-refractivity contribution in [3.63, 3.8) is 0 Å². The number of carbonyl (C=O) groups is 1. The van der Waals surface area contributed by atoms with Gasteiger partial charge in [0, 0.05) is 25.4 Å². The van der Waals surface area contributed by atoms with E-state index >= 15 is 0 Å². The Balaban J connectivity index is 2.46. The van der Waals surface area contributed by atoms with Gasteiger partial charge in [-0.3, -0.25) is 9.59 Å². The minimum Gasteiger partial charge on any atom is -0.396 e. The number of aromatic nitrogens is 1. The fourth-order valence-corrected chi connectivity index (χ4v) is 3.08. The number of nitrogens with zero attached hydrogens (tertiary/aromatic N) is 2. The summed E-state index contributed by atoms with van der Waals surface area (Å²) in [6.07, 6.45) is 2.24. The van der Waals surface area contributed by atoms with Crippen LogP contribution < -0.4 is 5.56 Å². The lowest BCUT2D eigenvalue weighted by molar-refractivity contribution is 0.0689. The minimum atomic E-state index is -0.277. The van der Waals surface area contributed by atoms with Gasteiger partial charge in [-0.25, -0.2) is 0 Å². The first-order valence-electron chi connectivity index (χ1n) is 9.07. The number of pyridine rings is 1. The number of aliphatic hydroxyl groups is 1. The Bertz CT molecular complexity index is 797. The van der Waals surface area contributed by atoms with Crippen LogP contribution in [0.4, 0.5) is 0 Å². The maximum Gasteiger partial charge on any atom is 0.264 e. The van der Waals surface area contributed by atoms with E-state index in [-0.39, 0.29) is 35.7 Å². The van der Waals surface area contributed by atoms with Crippen LogP contribution in [0.3, 0.4) is 0 Å². The average Bonchev–Trinajstić information content (AvgIpc) is 2.62. The molecular formula is C21H28N2O3. The Morgan fingerprint density at radius 2 is 1.81 bits per heavy atom. The second-order valence-electron chi connectivity index (χ2n) is 6.84. The average molecular weight is 356 g/mol. The Labute approximate surface area is 154 Å². The topological polar surface area (TPSA) is 62.5 Å². The van der Waals surface area contributed by atoms with Crippen LogP contribution in [0.2, 0.25) is 0 Å². The summed E-state index contributed by atoms with van der Waals surface area (Å²) in [6, 6.07) is 11.4. The van der Waals surface area contributed by atoms with E-state index in [2.05, 4.69) is 0 Å². The summed E-state index contributed by atoms with van der Waals surface area (Å²) < 4.78 is 1.61. The Kier molecular flexibility index (Phi) is 6.75. The molecular weight excluding hydrogens is 328 g/mol. The van der Waals surface area contributed by atoms with Gasteiger partial charge in [-0.2, -0.15) is 0 Å². The van der Waals surface area contributed by atoms with Crippen molar-refractivity contribution in [1.82, 2.24) is 9.47 Å². The quantitative estimate of drug-likeness (QED) is 0.829. The highest BCUT2D eigenvalue weighted by molar-refractivity contribution is 5.95. The van der Waals surface area contributed by atoms with Gasteiger partial charge in [-0.15, -0.1) is 0 Å². The molecule has 0 saturated heterocycles. The zero-order valence-electron chi connectivity index (χ0n) is 16.0. The van der Waals surface area contributed by atoms with E-state index in [1.807, 2.05) is 57.2 Å². The number of hydrogen-bond acceptors (Lipinski definition) is 3. The maximum absolute atomic E-state index is 13.1. The summed E-state index contributed by atoms with van der Waals surface area (Å²) in [5, 5.41) is 9.10. The largest absolute Gasteiger partial charge is 0.396 e. The smallest absolute Gasteiger partial charge is 0.264 e. The first-order chi connectivity index (χ1) is 12.4. The lowest BCUT2D eigenvalue weighted by atomic mass is 10.1. The molecule has 0 aliphatic carbocycles. The van der Waals surface area contributed by atoms with Gasteiger partial charge in [0.1, 0.15) is 5.56 Å². The molecule has 5 heteroatoms. The molecule has 5 nitrogen and oxygen atoms in total. The molecule has 0 bridgehead atoms. The van der Waals surface area contributed by atoms with Crippen molar-refractivity contribution in [3.8, 4) is 0 Å². The predicted octanol–water partition coefficient (Wildman–Crippen LogP) is 3.00. The Morgan fingerprint density at radius 1 is 1.15 bits per heavy atom. The lowest BCUT2D eigenvalue weighted by Crippen LogP contribution is -2.42. The second-order valence-corrected chi connectivity index (χ2v) is 6.84. The van der Waals surface area contributed by atoms with E-state index in [1.54, 1.807) is 22.6 Å². The number of carbonyl (C=O) groups excluding carboxylic acids is 1. The van der Waals surface area contributed by atoms with Crippen LogP contribution in [0.15, 0.2) is 47.4 Å². The number of amides is 1. The molecule has 1 aromatic carbocycles. The molecule has 0 saturated carbocycles. The molecule has 1 N–H and O–H groups in total. The van der Waals surface area contributed by atoms with Gasteiger partial charge in [0.15, 0.2) is 0 Å². The number of rotatable bonds is 7. The molecule has 0 spiro atoms. The summed E-state index contributed by atoms with van der Waals surface area (Å²) in [5.74, 6) is -0.273. The third kappa shape index (κ3) is 4.22. The van der Waals surface area contributed by atoms with Gasteiger partial charge >= 0.3 is 0 Å². The van der Waals surface area contributed by atoms with Crippen molar-refractivity contribution in [2.24, 2.45) is 0 Å². The van der Waals surface area contributed by atoms with Crippen molar-refractivity contribution in [2.45, 2.75) is 46.2 Å². The summed E-state index contributed by atoms with van der Waals surface area (Å²) in [4.78, 5) is 27.8. The van der Waals surface area contributed by atoms with Crippen LogP contribution >= 0.6 is 0 Å². The lowest BCUT2D eigenvalue weighted by Gasteiger charge is -2.27. The molecule has 0 radical (unpaired) electrons. The first-order valence-corrected chi connectivity index (χ1v) is 9.07. The highest BCUT2D eigenvalue weighted by Gasteiger charge is 2.24. The SMILES string of the molecule is Cc1ccn(C(C)c2ccccc2)c(=O)c1C(=O)N(CCCO)C(C)C. The van der Waals surface area contributed by atoms with Crippen molar-refractivity contribution in [2.75, 3.05) is 13.2 Å². The molecule has 140 valence electrons. The van der Waals surface area contributed by atoms with Gasteiger partial charge in [0.25, 0.3) is 11.5 Å². The first kappa shape index (κ1) is 19.9. The third-order valence-electron chi connectivity index (χ3n) is 4.68. The van der Waals surface area contributed by atoms with Gasteiger partial charge in [-0.1, -0.05) is 30.3 Å². The van der Waals surface area contributed by atoms with E-state index in [0.717, 1.165) is 5.56 Å². The van der Waals surface area contributed by atoms with Crippen molar-refractivity contribution in [3.05, 3.63) is 69.6 Å². The van der Waals surface area contributed by atoms with Crippen molar-refractivity contribution < 1.29 is 9.90 Å². The molecule has 1 amide bonds. The molecule has 1 heterocycles. The van der Waals surface area contributed by atoms with Crippen molar-refractivity contribution in [1.29, 1.82) is 0 Å². The van der Waals surface area contributed by atoms with Gasteiger partial charge in [0.2, 0.25) is 0 Å². The highest BCUT2D eigenvalue weighted by Crippen LogP contribution is 2.17. The fourth-order valence-electron chi connectivity index (χ4n) is 3.08. The fraction of sp³-hybridized carbons (Fsp3) is 0.429. The predicted molar refractivity (Wildman–Crippen MR) is 104 cm³/mol. The van der Waals surface area contributed by atoms with E-state index in [4.69, 9.17) is 5.11 Å². The molecule has 2 aromatic rings. The molecule has 1 unspecified atom stereocenters. The maximum atomic E-state index is 13.1. The minimum absolute atomic E-state index is 0.0134. The van der Waals surface area contributed by atoms with Crippen LogP contribution in [-0.2, 0) is 0 Å². The molecule has 0 fully saturated rings. The summed E-state index contributed by atoms with van der Waals surface area (Å²) in [7, 11) is 0. The van der Waals surface area contributed by atoms with Crippen LogP contribution in [0.1, 0.15) is 54.7 Å². The Hall–Kier alpha value is -2.40. The van der Waals surface area contributed by atoms with Crippen molar-refractivity contribution >= 4 is 5.91 Å². The number of benzene rings is 1. The van der Waals surface area contributed by atoms with Crippen LogP contribution in [-0.4, -0.2) is 39.7 Å². The standard InChI is InChI=1S/C21H28N2O3/c1-15(2)22(12-8-14-24)20(25)19-16(3)11-13-23(21(19)26)17(4)18-9-6-5-7-10-18/h5-7,9-11,13,15,17,24H,8,12,14H2,1-4H3. The molecule has 2 rings (SSSR count). The second kappa shape index (κ2) is 8.81. The number of hydrogen-bond donors (Lipinski definition) is 1. The zero-order chi connectivity index (χ0) is 19.3. The van der Waals surface area contributed by atoms with Gasteiger partial charge < -0.3 is 14.6 Å². The monoisotopic (exact) mass is 356 g/mol. The molecule has 0 aliphatic rings. The van der Waals surface area contributed by atoms with E-state index < -0.39 is 0 Å². The molecule has 0 aliphatic heterocycles. The highest BCUT2D eigenvalue weighted by atomic mass is 16.3. The number of aryl methyl sites for hydroxylation is 1. The third-order valence-corrected chi connectivity index (χ3v) is 4.68. The van der Waals surface area contributed by atoms with Crippen LogP contribution in [0.5, 0.6) is 0 Å².